The molecule has 1 aliphatic rings. The van der Waals surface area contributed by atoms with Crippen LogP contribution in [0, 0.1) is 0 Å². The van der Waals surface area contributed by atoms with Crippen molar-refractivity contribution in [3.05, 3.63) is 12.2 Å². The molecule has 0 spiro atoms. The van der Waals surface area contributed by atoms with E-state index < -0.39 is 0 Å². The largest absolute Gasteiger partial charge is 0.327 e. The van der Waals surface area contributed by atoms with Crippen LogP contribution < -0.4 is 5.73 Å². The average molecular weight is 171 g/mol. The van der Waals surface area contributed by atoms with Gasteiger partial charge in [-0.05, 0) is 25.0 Å². The van der Waals surface area contributed by atoms with Crippen LogP contribution in [0.25, 0.3) is 0 Å². The second-order valence-electron chi connectivity index (χ2n) is 2.93. The van der Waals surface area contributed by atoms with Gasteiger partial charge in [-0.3, -0.25) is 0 Å². The third-order valence-electron chi connectivity index (χ3n) is 1.98. The third-order valence-corrected chi connectivity index (χ3v) is 3.40. The van der Waals surface area contributed by atoms with E-state index in [1.807, 2.05) is 0 Å². The van der Waals surface area contributed by atoms with E-state index in [1.165, 1.54) is 31.4 Å². The van der Waals surface area contributed by atoms with Crippen LogP contribution in [0.5, 0.6) is 0 Å². The monoisotopic (exact) mass is 171 g/mol. The molecule has 1 heterocycles. The highest BCUT2D eigenvalue weighted by molar-refractivity contribution is 7.99. The van der Waals surface area contributed by atoms with Gasteiger partial charge in [0.15, 0.2) is 0 Å². The fourth-order valence-corrected chi connectivity index (χ4v) is 2.62. The molecule has 0 radical (unpaired) electrons. The molecular weight excluding hydrogens is 154 g/mol. The smallest absolute Gasteiger partial charge is 0.0106 e. The van der Waals surface area contributed by atoms with Crippen molar-refractivity contribution in [1.82, 2.24) is 0 Å². The quantitative estimate of drug-likeness (QED) is 0.659. The maximum atomic E-state index is 5.35. The summed E-state index contributed by atoms with van der Waals surface area (Å²) in [5, 5.41) is 0.881. The Bertz CT molecular complexity index is 117. The van der Waals surface area contributed by atoms with Crippen molar-refractivity contribution in [2.45, 2.75) is 30.9 Å². The van der Waals surface area contributed by atoms with E-state index in [-0.39, 0.29) is 0 Å². The van der Waals surface area contributed by atoms with Crippen LogP contribution in [0.15, 0.2) is 12.2 Å². The van der Waals surface area contributed by atoms with Crippen LogP contribution in [0.1, 0.15) is 25.7 Å². The molecule has 0 aliphatic carbocycles. The molecule has 1 fully saturated rings. The maximum Gasteiger partial charge on any atom is 0.0106 e. The van der Waals surface area contributed by atoms with Gasteiger partial charge in [-0.15, -0.1) is 0 Å². The van der Waals surface area contributed by atoms with Crippen molar-refractivity contribution in [3.8, 4) is 0 Å². The van der Waals surface area contributed by atoms with E-state index in [4.69, 9.17) is 5.73 Å². The van der Waals surface area contributed by atoms with Crippen LogP contribution in [-0.4, -0.2) is 17.5 Å². The van der Waals surface area contributed by atoms with Gasteiger partial charge in [-0.1, -0.05) is 18.6 Å². The van der Waals surface area contributed by atoms with Gasteiger partial charge in [0.2, 0.25) is 0 Å². The summed E-state index contributed by atoms with van der Waals surface area (Å²) < 4.78 is 0. The molecule has 0 aromatic carbocycles. The summed E-state index contributed by atoms with van der Waals surface area (Å²) in [7, 11) is 0. The molecule has 2 N–H and O–H groups in total. The summed E-state index contributed by atoms with van der Waals surface area (Å²) in [6.07, 6.45) is 9.76. The number of nitrogens with two attached hydrogens (primary N) is 1. The number of allylic oxidation sites excluding steroid dienone is 1. The molecule has 0 amide bonds. The fourth-order valence-electron chi connectivity index (χ4n) is 1.34. The van der Waals surface area contributed by atoms with Gasteiger partial charge in [0.05, 0.1) is 0 Å². The Balaban J connectivity index is 2.09. The molecule has 64 valence electrons. The minimum absolute atomic E-state index is 0.692. The van der Waals surface area contributed by atoms with Gasteiger partial charge in [0.1, 0.15) is 0 Å². The molecule has 0 aromatic rings. The minimum atomic E-state index is 0.692. The topological polar surface area (TPSA) is 26.0 Å². The van der Waals surface area contributed by atoms with Gasteiger partial charge < -0.3 is 5.73 Å². The molecular formula is C9H17NS. The van der Waals surface area contributed by atoms with Crippen molar-refractivity contribution in [2.75, 3.05) is 12.3 Å². The van der Waals surface area contributed by atoms with Crippen LogP contribution in [0.2, 0.25) is 0 Å². The molecule has 1 nitrogen and oxygen atoms in total. The van der Waals surface area contributed by atoms with Crippen LogP contribution in [0.4, 0.5) is 0 Å². The van der Waals surface area contributed by atoms with Gasteiger partial charge >= 0.3 is 0 Å². The molecule has 0 aromatic heterocycles. The lowest BCUT2D eigenvalue weighted by molar-refractivity contribution is 0.667. The highest BCUT2D eigenvalue weighted by Crippen LogP contribution is 2.27. The molecule has 0 bridgehead atoms. The Labute approximate surface area is 73.4 Å². The zero-order valence-corrected chi connectivity index (χ0v) is 7.78. The summed E-state index contributed by atoms with van der Waals surface area (Å²) in [5.74, 6) is 1.36. The van der Waals surface area contributed by atoms with Crippen LogP contribution >= 0.6 is 11.8 Å². The molecule has 0 saturated carbocycles. The highest BCUT2D eigenvalue weighted by atomic mass is 32.2. The lowest BCUT2D eigenvalue weighted by Crippen LogP contribution is -2.08. The SMILES string of the molecule is NC/C=C\CC1CCCCS1. The zero-order chi connectivity index (χ0) is 7.94. The van der Waals surface area contributed by atoms with E-state index >= 15 is 0 Å². The van der Waals surface area contributed by atoms with Crippen molar-refractivity contribution >= 4 is 11.8 Å². The Hall–Kier alpha value is 0.0500. The normalized spacial score (nSPS) is 26.1. The van der Waals surface area contributed by atoms with Crippen molar-refractivity contribution in [1.29, 1.82) is 0 Å². The van der Waals surface area contributed by atoms with Gasteiger partial charge in [0, 0.05) is 11.8 Å². The first-order chi connectivity index (χ1) is 5.43. The number of hydrogen-bond acceptors (Lipinski definition) is 2. The standard InChI is InChI=1S/C9H17NS/c10-7-3-1-5-9-6-2-4-8-11-9/h1,3,9H,2,4-8,10H2/b3-1-. The molecule has 1 unspecified atom stereocenters. The first-order valence-electron chi connectivity index (χ1n) is 4.40. The lowest BCUT2D eigenvalue weighted by atomic mass is 10.1. The van der Waals surface area contributed by atoms with Crippen LogP contribution in [0.3, 0.4) is 0 Å². The summed E-state index contributed by atoms with van der Waals surface area (Å²) in [4.78, 5) is 0. The number of hydrogen-bond donors (Lipinski definition) is 1. The predicted molar refractivity (Wildman–Crippen MR) is 52.9 cm³/mol. The van der Waals surface area contributed by atoms with Gasteiger partial charge in [-0.25, -0.2) is 0 Å². The van der Waals surface area contributed by atoms with Gasteiger partial charge in [-0.2, -0.15) is 11.8 Å². The first-order valence-corrected chi connectivity index (χ1v) is 5.45. The predicted octanol–water partition coefficient (Wildman–Crippen LogP) is 2.18. The Kier molecular flexibility index (Phi) is 4.71. The second-order valence-corrected chi connectivity index (χ2v) is 4.34. The van der Waals surface area contributed by atoms with Crippen molar-refractivity contribution in [3.63, 3.8) is 0 Å². The van der Waals surface area contributed by atoms with E-state index in [2.05, 4.69) is 23.9 Å². The van der Waals surface area contributed by atoms with Crippen LogP contribution in [-0.2, 0) is 0 Å². The Morgan fingerprint density at radius 2 is 2.27 bits per heavy atom. The molecule has 1 saturated heterocycles. The molecule has 2 heteroatoms. The third kappa shape index (κ3) is 3.82. The molecule has 1 aliphatic heterocycles. The van der Waals surface area contributed by atoms with E-state index in [1.54, 1.807) is 0 Å². The lowest BCUT2D eigenvalue weighted by Gasteiger charge is -2.19. The van der Waals surface area contributed by atoms with Gasteiger partial charge in [0.25, 0.3) is 0 Å². The second kappa shape index (κ2) is 5.67. The molecule has 11 heavy (non-hydrogen) atoms. The summed E-state index contributed by atoms with van der Waals surface area (Å²) in [6, 6.07) is 0. The number of rotatable bonds is 3. The van der Waals surface area contributed by atoms with Crippen molar-refractivity contribution < 1.29 is 0 Å². The van der Waals surface area contributed by atoms with Crippen molar-refractivity contribution in [2.24, 2.45) is 5.73 Å². The summed E-state index contributed by atoms with van der Waals surface area (Å²) in [6.45, 7) is 0.692. The zero-order valence-electron chi connectivity index (χ0n) is 6.96. The highest BCUT2D eigenvalue weighted by Gasteiger charge is 2.11. The molecule has 1 rings (SSSR count). The summed E-state index contributed by atoms with van der Waals surface area (Å²) >= 11 is 2.12. The number of thioether (sulfide) groups is 1. The van der Waals surface area contributed by atoms with E-state index in [9.17, 15) is 0 Å². The first kappa shape index (κ1) is 9.14. The minimum Gasteiger partial charge on any atom is -0.327 e. The summed E-state index contributed by atoms with van der Waals surface area (Å²) in [5.41, 5.74) is 5.35. The average Bonchev–Trinajstić information content (AvgIpc) is 2.07. The fraction of sp³-hybridized carbons (Fsp3) is 0.778. The Morgan fingerprint density at radius 1 is 1.36 bits per heavy atom. The Morgan fingerprint density at radius 3 is 2.91 bits per heavy atom. The maximum absolute atomic E-state index is 5.35. The van der Waals surface area contributed by atoms with E-state index in [0.717, 1.165) is 5.25 Å². The molecule has 1 atom stereocenters. The van der Waals surface area contributed by atoms with E-state index in [0.29, 0.717) is 6.54 Å².